The molecule has 7 nitrogen and oxygen atoms in total. The maximum atomic E-state index is 12.6. The monoisotopic (exact) mass is 392 g/mol. The van der Waals surface area contributed by atoms with Gasteiger partial charge in [-0.25, -0.2) is 4.98 Å². The zero-order valence-electron chi connectivity index (χ0n) is 17.3. The molecule has 1 aliphatic heterocycles. The molecule has 0 aliphatic carbocycles. The van der Waals surface area contributed by atoms with Crippen molar-refractivity contribution in [1.82, 2.24) is 19.9 Å². The maximum absolute atomic E-state index is 12.6. The maximum Gasteiger partial charge on any atom is 0.252 e. The van der Waals surface area contributed by atoms with Crippen LogP contribution in [-0.4, -0.2) is 40.7 Å². The van der Waals surface area contributed by atoms with Crippen LogP contribution in [-0.2, 0) is 6.42 Å². The Labute approximate surface area is 170 Å². The van der Waals surface area contributed by atoms with Crippen LogP contribution in [0.1, 0.15) is 32.4 Å². The Balaban J connectivity index is 1.64. The lowest BCUT2D eigenvalue weighted by Crippen LogP contribution is -2.43. The Hall–Kier alpha value is -2.93. The van der Waals surface area contributed by atoms with E-state index in [1.165, 1.54) is 5.69 Å². The van der Waals surface area contributed by atoms with Gasteiger partial charge >= 0.3 is 0 Å². The first-order chi connectivity index (χ1) is 14.1. The van der Waals surface area contributed by atoms with Gasteiger partial charge in [0, 0.05) is 61.2 Å². The van der Waals surface area contributed by atoms with Crippen molar-refractivity contribution < 1.29 is 0 Å². The van der Waals surface area contributed by atoms with Crippen molar-refractivity contribution in [3.05, 3.63) is 52.4 Å². The normalized spacial score (nSPS) is 14.6. The van der Waals surface area contributed by atoms with E-state index >= 15 is 0 Å². The fourth-order valence-electron chi connectivity index (χ4n) is 3.84. The van der Waals surface area contributed by atoms with Crippen LogP contribution in [0.2, 0.25) is 0 Å². The van der Waals surface area contributed by atoms with Crippen LogP contribution in [0.15, 0.2) is 41.3 Å². The van der Waals surface area contributed by atoms with Gasteiger partial charge in [-0.1, -0.05) is 6.92 Å². The molecular weight excluding hydrogens is 364 g/mol. The molecule has 2 N–H and O–H groups in total. The van der Waals surface area contributed by atoms with Gasteiger partial charge in [0.1, 0.15) is 5.65 Å². The van der Waals surface area contributed by atoms with E-state index in [1.807, 2.05) is 39.1 Å². The SMILES string of the molecule is CCc1cc(=O)n(C(C)C)c2nc(Nc3ccc(N4CCNCC4)cc3)ncc12. The summed E-state index contributed by atoms with van der Waals surface area (Å²) in [5.41, 5.74) is 3.79. The van der Waals surface area contributed by atoms with E-state index in [2.05, 4.69) is 32.7 Å². The van der Waals surface area contributed by atoms with E-state index in [0.29, 0.717) is 11.6 Å². The Morgan fingerprint density at radius 1 is 1.17 bits per heavy atom. The van der Waals surface area contributed by atoms with Gasteiger partial charge in [0.15, 0.2) is 0 Å². The van der Waals surface area contributed by atoms with Crippen LogP contribution in [0.4, 0.5) is 17.3 Å². The lowest BCUT2D eigenvalue weighted by Gasteiger charge is -2.29. The standard InChI is InChI=1S/C22H28N6O/c1-4-16-13-20(29)28(15(2)3)21-19(16)14-24-22(26-21)25-17-5-7-18(8-6-17)27-11-9-23-10-12-27/h5-8,13-15,23H,4,9-12H2,1-3H3,(H,24,25,26). The summed E-state index contributed by atoms with van der Waals surface area (Å²) in [7, 11) is 0. The molecule has 1 aromatic carbocycles. The zero-order chi connectivity index (χ0) is 20.4. The van der Waals surface area contributed by atoms with Gasteiger partial charge < -0.3 is 15.5 Å². The van der Waals surface area contributed by atoms with Gasteiger partial charge in [-0.15, -0.1) is 0 Å². The number of rotatable bonds is 5. The van der Waals surface area contributed by atoms with Gasteiger partial charge in [-0.2, -0.15) is 4.98 Å². The van der Waals surface area contributed by atoms with Crippen molar-refractivity contribution in [3.63, 3.8) is 0 Å². The van der Waals surface area contributed by atoms with Gasteiger partial charge in [0.05, 0.1) is 0 Å². The molecule has 3 aromatic rings. The van der Waals surface area contributed by atoms with Gasteiger partial charge in [-0.05, 0) is 50.1 Å². The number of hydrogen-bond acceptors (Lipinski definition) is 6. The summed E-state index contributed by atoms with van der Waals surface area (Å²) in [4.78, 5) is 24.2. The second kappa shape index (κ2) is 8.21. The van der Waals surface area contributed by atoms with Crippen molar-refractivity contribution in [3.8, 4) is 0 Å². The number of nitrogens with zero attached hydrogens (tertiary/aromatic N) is 4. The molecule has 152 valence electrons. The van der Waals surface area contributed by atoms with E-state index in [1.54, 1.807) is 10.6 Å². The molecule has 3 heterocycles. The number of piperazine rings is 1. The van der Waals surface area contributed by atoms with Crippen LogP contribution < -0.4 is 21.1 Å². The van der Waals surface area contributed by atoms with Crippen LogP contribution in [0, 0.1) is 0 Å². The molecule has 2 aromatic heterocycles. The summed E-state index contributed by atoms with van der Waals surface area (Å²) in [5, 5.41) is 7.58. The summed E-state index contributed by atoms with van der Waals surface area (Å²) in [6.07, 6.45) is 2.59. The number of fused-ring (bicyclic) bond motifs is 1. The van der Waals surface area contributed by atoms with E-state index < -0.39 is 0 Å². The first kappa shape index (κ1) is 19.4. The van der Waals surface area contributed by atoms with Crippen molar-refractivity contribution in [2.24, 2.45) is 0 Å². The van der Waals surface area contributed by atoms with Crippen molar-refractivity contribution >= 4 is 28.4 Å². The highest BCUT2D eigenvalue weighted by Gasteiger charge is 2.14. The largest absolute Gasteiger partial charge is 0.369 e. The third-order valence-corrected chi connectivity index (χ3v) is 5.38. The molecule has 0 spiro atoms. The third-order valence-electron chi connectivity index (χ3n) is 5.38. The average Bonchev–Trinajstić information content (AvgIpc) is 2.74. The number of hydrogen-bond donors (Lipinski definition) is 2. The predicted octanol–water partition coefficient (Wildman–Crippen LogP) is 3.09. The highest BCUT2D eigenvalue weighted by Crippen LogP contribution is 2.23. The molecule has 1 saturated heterocycles. The molecule has 0 saturated carbocycles. The number of aryl methyl sites for hydroxylation is 1. The van der Waals surface area contributed by atoms with Crippen LogP contribution in [0.3, 0.4) is 0 Å². The van der Waals surface area contributed by atoms with Crippen LogP contribution in [0.5, 0.6) is 0 Å². The van der Waals surface area contributed by atoms with E-state index in [0.717, 1.165) is 49.2 Å². The predicted molar refractivity (Wildman–Crippen MR) is 118 cm³/mol. The third kappa shape index (κ3) is 3.96. The summed E-state index contributed by atoms with van der Waals surface area (Å²) < 4.78 is 1.73. The number of anilines is 3. The number of nitrogens with one attached hydrogen (secondary N) is 2. The topological polar surface area (TPSA) is 75.1 Å². The minimum Gasteiger partial charge on any atom is -0.369 e. The lowest BCUT2D eigenvalue weighted by atomic mass is 10.1. The smallest absolute Gasteiger partial charge is 0.252 e. The molecule has 1 aliphatic rings. The first-order valence-electron chi connectivity index (χ1n) is 10.3. The molecular formula is C22H28N6O. The molecule has 0 radical (unpaired) electrons. The molecule has 0 atom stereocenters. The second-order valence-corrected chi connectivity index (χ2v) is 7.66. The fraction of sp³-hybridized carbons (Fsp3) is 0.409. The Morgan fingerprint density at radius 3 is 2.55 bits per heavy atom. The van der Waals surface area contributed by atoms with Gasteiger partial charge in [0.25, 0.3) is 5.56 Å². The number of benzene rings is 1. The molecule has 29 heavy (non-hydrogen) atoms. The summed E-state index contributed by atoms with van der Waals surface area (Å²) >= 11 is 0. The number of pyridine rings is 1. The summed E-state index contributed by atoms with van der Waals surface area (Å²) in [5.74, 6) is 0.495. The highest BCUT2D eigenvalue weighted by molar-refractivity contribution is 5.79. The fourth-order valence-corrected chi connectivity index (χ4v) is 3.84. The summed E-state index contributed by atoms with van der Waals surface area (Å²) in [6, 6.07) is 10.1. The van der Waals surface area contributed by atoms with Crippen LogP contribution >= 0.6 is 0 Å². The lowest BCUT2D eigenvalue weighted by molar-refractivity contribution is 0.589. The van der Waals surface area contributed by atoms with Crippen LogP contribution in [0.25, 0.3) is 11.0 Å². The minimum atomic E-state index is -0.0191. The highest BCUT2D eigenvalue weighted by atomic mass is 16.1. The Kier molecular flexibility index (Phi) is 5.49. The average molecular weight is 393 g/mol. The molecule has 0 unspecified atom stereocenters. The zero-order valence-corrected chi connectivity index (χ0v) is 17.3. The Bertz CT molecular complexity index is 1050. The molecule has 1 fully saturated rings. The second-order valence-electron chi connectivity index (χ2n) is 7.66. The molecule has 4 rings (SSSR count). The van der Waals surface area contributed by atoms with E-state index in [4.69, 9.17) is 4.98 Å². The van der Waals surface area contributed by atoms with E-state index in [9.17, 15) is 4.79 Å². The first-order valence-corrected chi connectivity index (χ1v) is 10.3. The molecule has 0 amide bonds. The van der Waals surface area contributed by atoms with Crippen molar-refractivity contribution in [1.29, 1.82) is 0 Å². The molecule has 0 bridgehead atoms. The van der Waals surface area contributed by atoms with Crippen molar-refractivity contribution in [2.75, 3.05) is 36.4 Å². The van der Waals surface area contributed by atoms with Crippen molar-refractivity contribution in [2.45, 2.75) is 33.2 Å². The summed E-state index contributed by atoms with van der Waals surface area (Å²) in [6.45, 7) is 10.1. The Morgan fingerprint density at radius 2 is 1.90 bits per heavy atom. The van der Waals surface area contributed by atoms with E-state index in [-0.39, 0.29) is 11.6 Å². The molecule has 7 heteroatoms. The number of aromatic nitrogens is 3. The quantitative estimate of drug-likeness (QED) is 0.695. The minimum absolute atomic E-state index is 0.0191. The van der Waals surface area contributed by atoms with Gasteiger partial charge in [0.2, 0.25) is 5.95 Å². The van der Waals surface area contributed by atoms with Gasteiger partial charge in [-0.3, -0.25) is 9.36 Å².